The molecule has 0 atom stereocenters. The number of rotatable bonds is 5. The van der Waals surface area contributed by atoms with E-state index >= 15 is 0 Å². The summed E-state index contributed by atoms with van der Waals surface area (Å²) in [6.07, 6.45) is 2.03. The number of hydrogen-bond donors (Lipinski definition) is 1. The van der Waals surface area contributed by atoms with Crippen LogP contribution in [0.25, 0.3) is 5.69 Å². The zero-order valence-electron chi connectivity index (χ0n) is 12.6. The van der Waals surface area contributed by atoms with Gasteiger partial charge in [-0.2, -0.15) is 15.0 Å². The number of para-hydroxylation sites is 1. The molecule has 1 aromatic heterocycles. The molecule has 0 aliphatic rings. The number of hydrogen-bond acceptors (Lipinski definition) is 3. The second kappa shape index (κ2) is 6.99. The summed E-state index contributed by atoms with van der Waals surface area (Å²) in [4.78, 5) is 13.4. The maximum absolute atomic E-state index is 13.5. The van der Waals surface area contributed by atoms with E-state index in [1.165, 1.54) is 16.9 Å². The Kier molecular flexibility index (Phi) is 4.60. The number of aromatic nitrogens is 3. The number of amides is 1. The number of halogens is 2. The minimum atomic E-state index is -1.15. The molecule has 0 aliphatic heterocycles. The summed E-state index contributed by atoms with van der Waals surface area (Å²) >= 11 is 0. The first-order valence-electron chi connectivity index (χ1n) is 7.34. The van der Waals surface area contributed by atoms with Crippen molar-refractivity contribution in [2.45, 2.75) is 6.42 Å². The lowest BCUT2D eigenvalue weighted by Crippen LogP contribution is -2.27. The van der Waals surface area contributed by atoms with Gasteiger partial charge in [0.2, 0.25) is 0 Å². The first-order valence-corrected chi connectivity index (χ1v) is 7.34. The van der Waals surface area contributed by atoms with Gasteiger partial charge < -0.3 is 5.32 Å². The molecule has 24 heavy (non-hydrogen) atoms. The highest BCUT2D eigenvalue weighted by Crippen LogP contribution is 2.11. The first kappa shape index (κ1) is 15.8. The van der Waals surface area contributed by atoms with E-state index in [0.29, 0.717) is 12.1 Å². The molecular formula is C17H14F2N4O. The van der Waals surface area contributed by atoms with Crippen molar-refractivity contribution in [3.63, 3.8) is 0 Å². The fraction of sp³-hybridized carbons (Fsp3) is 0.118. The smallest absolute Gasteiger partial charge is 0.254 e. The van der Waals surface area contributed by atoms with Crippen LogP contribution in [0.1, 0.15) is 16.1 Å². The van der Waals surface area contributed by atoms with Crippen LogP contribution in [-0.2, 0) is 6.42 Å². The number of nitrogens with one attached hydrogen (secondary N) is 1. The highest BCUT2D eigenvalue weighted by Gasteiger charge is 2.14. The minimum absolute atomic E-state index is 0.238. The molecule has 1 amide bonds. The van der Waals surface area contributed by atoms with Gasteiger partial charge in [-0.3, -0.25) is 4.79 Å². The van der Waals surface area contributed by atoms with Crippen LogP contribution in [0.15, 0.2) is 54.7 Å². The number of nitrogens with zero attached hydrogens (tertiary/aromatic N) is 3. The molecule has 0 bridgehead atoms. The number of carbonyl (C=O) groups excluding carboxylic acids is 1. The maximum Gasteiger partial charge on any atom is 0.254 e. The predicted octanol–water partition coefficient (Wildman–Crippen LogP) is 2.52. The van der Waals surface area contributed by atoms with Gasteiger partial charge in [0.05, 0.1) is 23.1 Å². The molecule has 7 heteroatoms. The SMILES string of the molecule is O=C(NCCc1cnn(-c2ccccc2)n1)c1cccc(F)c1F. The fourth-order valence-corrected chi connectivity index (χ4v) is 2.17. The number of benzene rings is 2. The van der Waals surface area contributed by atoms with Gasteiger partial charge >= 0.3 is 0 Å². The zero-order chi connectivity index (χ0) is 16.9. The van der Waals surface area contributed by atoms with Gasteiger partial charge in [-0.1, -0.05) is 24.3 Å². The molecule has 0 spiro atoms. The Morgan fingerprint density at radius 2 is 1.88 bits per heavy atom. The Balaban J connectivity index is 1.58. The van der Waals surface area contributed by atoms with Crippen LogP contribution in [0.4, 0.5) is 8.78 Å². The van der Waals surface area contributed by atoms with Crippen molar-refractivity contribution in [1.82, 2.24) is 20.3 Å². The molecule has 0 radical (unpaired) electrons. The van der Waals surface area contributed by atoms with E-state index in [1.54, 1.807) is 6.20 Å². The van der Waals surface area contributed by atoms with Crippen molar-refractivity contribution in [3.05, 3.63) is 77.6 Å². The molecule has 122 valence electrons. The predicted molar refractivity (Wildman–Crippen MR) is 83.8 cm³/mol. The maximum atomic E-state index is 13.5. The summed E-state index contributed by atoms with van der Waals surface area (Å²) in [5, 5.41) is 11.0. The van der Waals surface area contributed by atoms with E-state index in [2.05, 4.69) is 15.5 Å². The van der Waals surface area contributed by atoms with Gasteiger partial charge in [0.15, 0.2) is 11.6 Å². The van der Waals surface area contributed by atoms with E-state index < -0.39 is 17.5 Å². The van der Waals surface area contributed by atoms with Gasteiger partial charge in [-0.15, -0.1) is 0 Å². The third kappa shape index (κ3) is 3.45. The van der Waals surface area contributed by atoms with Crippen LogP contribution in [-0.4, -0.2) is 27.4 Å². The zero-order valence-corrected chi connectivity index (χ0v) is 12.6. The molecule has 0 fully saturated rings. The van der Waals surface area contributed by atoms with Gasteiger partial charge in [-0.05, 0) is 24.3 Å². The summed E-state index contributed by atoms with van der Waals surface area (Å²) in [5.41, 5.74) is 1.19. The highest BCUT2D eigenvalue weighted by molar-refractivity contribution is 5.94. The Labute approximate surface area is 136 Å². The molecule has 1 N–H and O–H groups in total. The van der Waals surface area contributed by atoms with Crippen LogP contribution < -0.4 is 5.32 Å². The van der Waals surface area contributed by atoms with Crippen molar-refractivity contribution in [1.29, 1.82) is 0 Å². The molecule has 1 heterocycles. The monoisotopic (exact) mass is 328 g/mol. The molecular weight excluding hydrogens is 314 g/mol. The lowest BCUT2D eigenvalue weighted by atomic mass is 10.2. The van der Waals surface area contributed by atoms with E-state index in [-0.39, 0.29) is 12.1 Å². The molecule has 3 aromatic rings. The lowest BCUT2D eigenvalue weighted by molar-refractivity contribution is 0.0949. The molecule has 0 saturated heterocycles. The second-order valence-electron chi connectivity index (χ2n) is 5.07. The summed E-state index contributed by atoms with van der Waals surface area (Å²) in [6.45, 7) is 0.238. The minimum Gasteiger partial charge on any atom is -0.352 e. The number of carbonyl (C=O) groups is 1. The van der Waals surface area contributed by atoms with Crippen LogP contribution in [0.5, 0.6) is 0 Å². The third-order valence-electron chi connectivity index (χ3n) is 3.39. The van der Waals surface area contributed by atoms with Crippen LogP contribution in [0.3, 0.4) is 0 Å². The van der Waals surface area contributed by atoms with E-state index in [1.807, 2.05) is 30.3 Å². The summed E-state index contributed by atoms with van der Waals surface area (Å²) in [5.74, 6) is -2.86. The molecule has 5 nitrogen and oxygen atoms in total. The Morgan fingerprint density at radius 1 is 1.08 bits per heavy atom. The Bertz CT molecular complexity index is 849. The van der Waals surface area contributed by atoms with E-state index in [0.717, 1.165) is 11.8 Å². The highest BCUT2D eigenvalue weighted by atomic mass is 19.2. The van der Waals surface area contributed by atoms with Crippen molar-refractivity contribution >= 4 is 5.91 Å². The molecule has 0 aliphatic carbocycles. The largest absolute Gasteiger partial charge is 0.352 e. The van der Waals surface area contributed by atoms with Crippen molar-refractivity contribution < 1.29 is 13.6 Å². The average Bonchev–Trinajstić information content (AvgIpc) is 3.07. The van der Waals surface area contributed by atoms with E-state index in [9.17, 15) is 13.6 Å². The second-order valence-corrected chi connectivity index (χ2v) is 5.07. The Hall–Kier alpha value is -3.09. The normalized spacial score (nSPS) is 10.6. The van der Waals surface area contributed by atoms with Crippen molar-refractivity contribution in [2.24, 2.45) is 0 Å². The van der Waals surface area contributed by atoms with Crippen LogP contribution in [0.2, 0.25) is 0 Å². The van der Waals surface area contributed by atoms with Gasteiger partial charge in [0.25, 0.3) is 5.91 Å². The molecule has 0 unspecified atom stereocenters. The van der Waals surface area contributed by atoms with Crippen molar-refractivity contribution in [3.8, 4) is 5.69 Å². The summed E-state index contributed by atoms with van der Waals surface area (Å²) in [7, 11) is 0. The third-order valence-corrected chi connectivity index (χ3v) is 3.39. The standard InChI is InChI=1S/C17H14F2N4O/c18-15-8-4-7-14(16(15)19)17(24)20-10-9-12-11-21-23(22-12)13-5-2-1-3-6-13/h1-8,11H,9-10H2,(H,20,24). The first-order chi connectivity index (χ1) is 11.6. The average molecular weight is 328 g/mol. The molecule has 0 saturated carbocycles. The van der Waals surface area contributed by atoms with E-state index in [4.69, 9.17) is 0 Å². The van der Waals surface area contributed by atoms with Gasteiger partial charge in [0, 0.05) is 13.0 Å². The summed E-state index contributed by atoms with van der Waals surface area (Å²) in [6, 6.07) is 12.9. The van der Waals surface area contributed by atoms with Crippen LogP contribution in [0, 0.1) is 11.6 Å². The van der Waals surface area contributed by atoms with Crippen molar-refractivity contribution in [2.75, 3.05) is 6.54 Å². The topological polar surface area (TPSA) is 59.8 Å². The molecule has 3 rings (SSSR count). The Morgan fingerprint density at radius 3 is 2.67 bits per heavy atom. The quantitative estimate of drug-likeness (QED) is 0.783. The summed E-state index contributed by atoms with van der Waals surface area (Å²) < 4.78 is 26.6. The van der Waals surface area contributed by atoms with Gasteiger partial charge in [-0.25, -0.2) is 8.78 Å². The van der Waals surface area contributed by atoms with Crippen LogP contribution >= 0.6 is 0 Å². The fourth-order valence-electron chi connectivity index (χ4n) is 2.17. The lowest BCUT2D eigenvalue weighted by Gasteiger charge is -2.05. The molecule has 2 aromatic carbocycles. The van der Waals surface area contributed by atoms with Gasteiger partial charge in [0.1, 0.15) is 0 Å².